The molecule has 0 amide bonds. The fraction of sp³-hybridized carbons (Fsp3) is 0.550. The number of hydrogen-bond acceptors (Lipinski definition) is 4. The molecule has 1 fully saturated rings. The third-order valence-corrected chi connectivity index (χ3v) is 4.46. The van der Waals surface area contributed by atoms with E-state index in [1.165, 1.54) is 0 Å². The lowest BCUT2D eigenvalue weighted by Gasteiger charge is -2.30. The molecule has 0 bridgehead atoms. The molecule has 0 spiro atoms. The number of hydrogen-bond donors (Lipinski definition) is 2. The average Bonchev–Trinajstić information content (AvgIpc) is 2.78. The maximum atomic E-state index is 12.6. The molecule has 3 atom stereocenters. The van der Waals surface area contributed by atoms with Crippen LogP contribution < -0.4 is 5.32 Å². The predicted octanol–water partition coefficient (Wildman–Crippen LogP) is 3.33. The van der Waals surface area contributed by atoms with Gasteiger partial charge in [-0.25, -0.2) is 0 Å². The van der Waals surface area contributed by atoms with E-state index < -0.39 is 23.2 Å². The van der Waals surface area contributed by atoms with Gasteiger partial charge in [0.1, 0.15) is 11.7 Å². The number of rotatable bonds is 2. The molecule has 1 aliphatic heterocycles. The molecule has 2 unspecified atom stereocenters. The Morgan fingerprint density at radius 2 is 1.96 bits per heavy atom. The van der Waals surface area contributed by atoms with Crippen LogP contribution in [0.4, 0.5) is 0 Å². The van der Waals surface area contributed by atoms with Crippen molar-refractivity contribution in [2.75, 3.05) is 6.54 Å². The first-order valence-corrected chi connectivity index (χ1v) is 8.80. The molecule has 0 aliphatic carbocycles. The molecular weight excluding hydrogens is 338 g/mol. The maximum absolute atomic E-state index is 12.6. The van der Waals surface area contributed by atoms with Gasteiger partial charge in [0.25, 0.3) is 0 Å². The number of benzene rings is 1. The zero-order chi connectivity index (χ0) is 18.8. The second-order valence-corrected chi connectivity index (χ2v) is 8.40. The summed E-state index contributed by atoms with van der Waals surface area (Å²) in [4.78, 5) is 12.6. The van der Waals surface area contributed by atoms with E-state index in [0.29, 0.717) is 17.1 Å². The first-order chi connectivity index (χ1) is 11.5. The van der Waals surface area contributed by atoms with E-state index in [0.717, 1.165) is 0 Å². The van der Waals surface area contributed by atoms with Gasteiger partial charge in [-0.05, 0) is 52.3 Å². The molecule has 1 aliphatic rings. The first-order valence-electron chi connectivity index (χ1n) is 8.42. The van der Waals surface area contributed by atoms with Crippen molar-refractivity contribution in [2.24, 2.45) is 11.8 Å². The Kier molecular flexibility index (Phi) is 5.83. The minimum atomic E-state index is -0.916. The lowest BCUT2D eigenvalue weighted by Crippen LogP contribution is -2.44. The van der Waals surface area contributed by atoms with Crippen molar-refractivity contribution in [3.8, 4) is 11.8 Å². The number of halogens is 1. The lowest BCUT2D eigenvalue weighted by molar-refractivity contribution is -0.162. The average molecular weight is 364 g/mol. The molecule has 2 N–H and O–H groups in total. The van der Waals surface area contributed by atoms with E-state index in [4.69, 9.17) is 16.3 Å². The van der Waals surface area contributed by atoms with Crippen LogP contribution in [-0.2, 0) is 9.53 Å². The van der Waals surface area contributed by atoms with Crippen molar-refractivity contribution in [3.63, 3.8) is 0 Å². The number of carbonyl (C=O) groups is 1. The third-order valence-electron chi connectivity index (χ3n) is 4.21. The fourth-order valence-electron chi connectivity index (χ4n) is 2.98. The molecule has 1 aromatic rings. The topological polar surface area (TPSA) is 58.6 Å². The van der Waals surface area contributed by atoms with Crippen molar-refractivity contribution < 1.29 is 14.6 Å². The molecule has 136 valence electrons. The van der Waals surface area contributed by atoms with E-state index in [9.17, 15) is 9.90 Å². The molecule has 1 saturated heterocycles. The van der Waals surface area contributed by atoms with E-state index in [1.807, 2.05) is 34.6 Å². The van der Waals surface area contributed by atoms with Gasteiger partial charge in [-0.1, -0.05) is 35.6 Å². The number of esters is 1. The van der Waals surface area contributed by atoms with Gasteiger partial charge < -0.3 is 15.2 Å². The Morgan fingerprint density at radius 3 is 2.52 bits per heavy atom. The number of nitrogens with one attached hydrogen (secondary N) is 1. The predicted molar refractivity (Wildman–Crippen MR) is 99.1 cm³/mol. The molecule has 0 aromatic heterocycles. The quantitative estimate of drug-likeness (QED) is 0.625. The second kappa shape index (κ2) is 7.37. The third kappa shape index (κ3) is 5.22. The summed E-state index contributed by atoms with van der Waals surface area (Å²) in [5.41, 5.74) is -0.278. The van der Waals surface area contributed by atoms with Crippen molar-refractivity contribution >= 4 is 17.6 Å². The molecular formula is C20H26ClNO3. The summed E-state index contributed by atoms with van der Waals surface area (Å²) in [7, 11) is 0. The summed E-state index contributed by atoms with van der Waals surface area (Å²) < 4.78 is 5.57. The van der Waals surface area contributed by atoms with E-state index >= 15 is 0 Å². The van der Waals surface area contributed by atoms with Gasteiger partial charge in [0.15, 0.2) is 0 Å². The first kappa shape index (κ1) is 19.8. The van der Waals surface area contributed by atoms with Gasteiger partial charge >= 0.3 is 5.97 Å². The van der Waals surface area contributed by atoms with Crippen molar-refractivity contribution in [1.82, 2.24) is 5.32 Å². The Hall–Kier alpha value is -1.54. The van der Waals surface area contributed by atoms with Crippen molar-refractivity contribution in [1.29, 1.82) is 0 Å². The Balaban J connectivity index is 2.17. The Labute approximate surface area is 154 Å². The van der Waals surface area contributed by atoms with E-state index in [2.05, 4.69) is 17.2 Å². The van der Waals surface area contributed by atoms with Crippen LogP contribution >= 0.6 is 11.6 Å². The van der Waals surface area contributed by atoms with Gasteiger partial charge in [-0.2, -0.15) is 0 Å². The summed E-state index contributed by atoms with van der Waals surface area (Å²) in [5.74, 6) is 5.06. The monoisotopic (exact) mass is 363 g/mol. The summed E-state index contributed by atoms with van der Waals surface area (Å²) in [5, 5.41) is 14.2. The van der Waals surface area contributed by atoms with Crippen LogP contribution in [0.2, 0.25) is 5.02 Å². The molecule has 2 rings (SSSR count). The van der Waals surface area contributed by atoms with Crippen LogP contribution in [0.3, 0.4) is 0 Å². The molecule has 5 heteroatoms. The molecule has 0 radical (unpaired) electrons. The molecule has 0 saturated carbocycles. The van der Waals surface area contributed by atoms with E-state index in [1.54, 1.807) is 24.3 Å². The minimum Gasteiger partial charge on any atom is -0.460 e. The van der Waals surface area contributed by atoms with Crippen LogP contribution in [0.5, 0.6) is 0 Å². The Morgan fingerprint density at radius 1 is 1.36 bits per heavy atom. The molecule has 1 heterocycles. The highest BCUT2D eigenvalue weighted by Crippen LogP contribution is 2.33. The zero-order valence-corrected chi connectivity index (χ0v) is 16.1. The van der Waals surface area contributed by atoms with Crippen LogP contribution in [0.15, 0.2) is 24.3 Å². The zero-order valence-electron chi connectivity index (χ0n) is 15.4. The van der Waals surface area contributed by atoms with Gasteiger partial charge in [0.05, 0.1) is 5.92 Å². The van der Waals surface area contributed by atoms with Gasteiger partial charge in [0.2, 0.25) is 0 Å². The van der Waals surface area contributed by atoms with Crippen molar-refractivity contribution in [2.45, 2.75) is 51.9 Å². The van der Waals surface area contributed by atoms with Gasteiger partial charge in [-0.3, -0.25) is 4.79 Å². The fourth-order valence-corrected chi connectivity index (χ4v) is 3.10. The van der Waals surface area contributed by atoms with Gasteiger partial charge in [-0.15, -0.1) is 0 Å². The number of aliphatic hydroxyl groups excluding tert-OH is 1. The van der Waals surface area contributed by atoms with Crippen LogP contribution in [0.25, 0.3) is 0 Å². The Bertz CT molecular complexity index is 680. The molecule has 1 aromatic carbocycles. The van der Waals surface area contributed by atoms with Crippen molar-refractivity contribution in [3.05, 3.63) is 34.9 Å². The second-order valence-electron chi connectivity index (χ2n) is 7.96. The smallest absolute Gasteiger partial charge is 0.312 e. The highest BCUT2D eigenvalue weighted by Gasteiger charge is 2.47. The number of ether oxygens (including phenoxy) is 1. The van der Waals surface area contributed by atoms with E-state index in [-0.39, 0.29) is 11.9 Å². The largest absolute Gasteiger partial charge is 0.460 e. The highest BCUT2D eigenvalue weighted by atomic mass is 35.5. The molecule has 4 nitrogen and oxygen atoms in total. The van der Waals surface area contributed by atoms with Crippen LogP contribution in [-0.4, -0.2) is 28.8 Å². The summed E-state index contributed by atoms with van der Waals surface area (Å²) in [6.45, 7) is 10.1. The number of aliphatic hydroxyl groups is 1. The normalized spacial score (nSPS) is 23.5. The van der Waals surface area contributed by atoms with Gasteiger partial charge in [0, 0.05) is 23.0 Å². The van der Waals surface area contributed by atoms with Crippen LogP contribution in [0, 0.1) is 23.7 Å². The van der Waals surface area contributed by atoms with Crippen LogP contribution in [0.1, 0.15) is 46.3 Å². The summed E-state index contributed by atoms with van der Waals surface area (Å²) >= 11 is 5.86. The number of carbonyl (C=O) groups excluding carboxylic acids is 1. The highest BCUT2D eigenvalue weighted by molar-refractivity contribution is 6.30. The standard InChI is InChI=1S/C20H26ClNO3/c1-19(2,3)25-18(24)17-14(12-22-20(17,4)5)8-11-16(23)13-6-9-15(21)10-7-13/h6-7,9-10,14,16-17,22-23H,12H2,1-5H3/t14?,16?,17-/m1/s1. The molecule has 25 heavy (non-hydrogen) atoms. The summed E-state index contributed by atoms with van der Waals surface area (Å²) in [6, 6.07) is 6.91. The summed E-state index contributed by atoms with van der Waals surface area (Å²) in [6.07, 6.45) is -0.916. The minimum absolute atomic E-state index is 0.216. The maximum Gasteiger partial charge on any atom is 0.312 e. The SMILES string of the molecule is CC(C)(C)OC(=O)[C@H]1C(C#CC(O)c2ccc(Cl)cc2)CNC1(C)C. The lowest BCUT2D eigenvalue weighted by atomic mass is 9.82.